The third-order valence-corrected chi connectivity index (χ3v) is 8.59. The van der Waals surface area contributed by atoms with E-state index in [-0.39, 0.29) is 18.9 Å². The Morgan fingerprint density at radius 3 is 2.49 bits per heavy atom. The summed E-state index contributed by atoms with van der Waals surface area (Å²) in [5.74, 6) is 1.47. The average Bonchev–Trinajstić information content (AvgIpc) is 3.48. The van der Waals surface area contributed by atoms with Crippen LogP contribution >= 0.6 is 22.9 Å². The van der Waals surface area contributed by atoms with Crippen LogP contribution in [0.1, 0.15) is 66.5 Å². The number of amides is 2. The maximum Gasteiger partial charge on any atom is 0.407 e. The van der Waals surface area contributed by atoms with Gasteiger partial charge in [-0.05, 0) is 65.3 Å². The van der Waals surface area contributed by atoms with Gasteiger partial charge in [-0.3, -0.25) is 14.4 Å². The third kappa shape index (κ3) is 8.53. The highest BCUT2D eigenvalue weighted by Gasteiger charge is 2.32. The Bertz CT molecular complexity index is 1760. The summed E-state index contributed by atoms with van der Waals surface area (Å²) in [6.07, 6.45) is 1.09. The summed E-state index contributed by atoms with van der Waals surface area (Å²) in [6.45, 7) is 12.7. The highest BCUT2D eigenvalue weighted by atomic mass is 35.5. The Balaban J connectivity index is 1.20. The number of nitrogens with one attached hydrogen (secondary N) is 2. The summed E-state index contributed by atoms with van der Waals surface area (Å²) >= 11 is 7.86. The molecule has 0 fully saturated rings. The quantitative estimate of drug-likeness (QED) is 0.180. The highest BCUT2D eigenvalue weighted by molar-refractivity contribution is 7.15. The number of ether oxygens (including phenoxy) is 3. The van der Waals surface area contributed by atoms with Gasteiger partial charge in [-0.15, -0.1) is 21.5 Å². The first kappa shape index (κ1) is 34.0. The first-order valence-corrected chi connectivity index (χ1v) is 16.4. The molecule has 0 bridgehead atoms. The number of hydrogen-bond donors (Lipinski definition) is 2. The monoisotopic (exact) mass is 679 g/mol. The number of carbonyl (C=O) groups is 2. The number of hydrogen-bond acceptors (Lipinski definition) is 10. The molecular weight excluding hydrogens is 642 g/mol. The number of thiophene rings is 1. The molecule has 0 aliphatic carbocycles. The molecule has 0 saturated carbocycles. The number of pyridine rings is 1. The van der Waals surface area contributed by atoms with Crippen molar-refractivity contribution in [1.29, 1.82) is 0 Å². The van der Waals surface area contributed by atoms with Gasteiger partial charge >= 0.3 is 6.09 Å². The molecule has 1 aliphatic heterocycles. The van der Waals surface area contributed by atoms with E-state index in [1.807, 2.05) is 35.8 Å². The molecule has 1 aromatic carbocycles. The second-order valence-corrected chi connectivity index (χ2v) is 13.6. The van der Waals surface area contributed by atoms with E-state index in [2.05, 4.69) is 39.7 Å². The van der Waals surface area contributed by atoms with Crippen LogP contribution in [0.25, 0.3) is 5.00 Å². The molecule has 0 saturated heterocycles. The zero-order chi connectivity index (χ0) is 33.7. The number of halogens is 1. The van der Waals surface area contributed by atoms with Gasteiger partial charge in [-0.2, -0.15) is 0 Å². The van der Waals surface area contributed by atoms with E-state index in [1.54, 1.807) is 44.2 Å². The first-order valence-electron chi connectivity index (χ1n) is 15.2. The molecule has 0 unspecified atom stereocenters. The number of aliphatic imine (C=N–C) groups is 1. The molecule has 248 valence electrons. The number of fused-ring (bicyclic) bond motifs is 3. The van der Waals surface area contributed by atoms with Gasteiger partial charge in [0, 0.05) is 33.6 Å². The molecule has 1 aliphatic rings. The second-order valence-electron chi connectivity index (χ2n) is 11.9. The maximum absolute atomic E-state index is 13.4. The zero-order valence-electron chi connectivity index (χ0n) is 27.2. The summed E-state index contributed by atoms with van der Waals surface area (Å²) in [4.78, 5) is 35.6. The van der Waals surface area contributed by atoms with Gasteiger partial charge in [0.1, 0.15) is 29.1 Å². The molecule has 0 spiro atoms. The van der Waals surface area contributed by atoms with Crippen molar-refractivity contribution < 1.29 is 23.8 Å². The lowest BCUT2D eigenvalue weighted by Crippen LogP contribution is -2.34. The van der Waals surface area contributed by atoms with Gasteiger partial charge in [0.2, 0.25) is 11.8 Å². The van der Waals surface area contributed by atoms with Crippen LogP contribution in [0.3, 0.4) is 0 Å². The van der Waals surface area contributed by atoms with Gasteiger partial charge in [-0.25, -0.2) is 9.78 Å². The fourth-order valence-corrected chi connectivity index (χ4v) is 6.25. The zero-order valence-corrected chi connectivity index (χ0v) is 28.8. The van der Waals surface area contributed by atoms with Crippen LogP contribution < -0.4 is 15.4 Å². The largest absolute Gasteiger partial charge is 0.475 e. The number of benzene rings is 1. The van der Waals surface area contributed by atoms with Crippen molar-refractivity contribution in [2.75, 3.05) is 31.7 Å². The lowest BCUT2D eigenvalue weighted by Gasteiger charge is -2.19. The lowest BCUT2D eigenvalue weighted by molar-refractivity contribution is -0.116. The fourth-order valence-electron chi connectivity index (χ4n) is 4.91. The lowest BCUT2D eigenvalue weighted by atomic mass is 9.99. The third-order valence-electron chi connectivity index (χ3n) is 7.15. The van der Waals surface area contributed by atoms with E-state index in [4.69, 9.17) is 30.8 Å². The molecule has 1 atom stereocenters. The molecule has 2 amide bonds. The topological polar surface area (TPSA) is 142 Å². The molecule has 0 radical (unpaired) electrons. The Morgan fingerprint density at radius 2 is 1.79 bits per heavy atom. The van der Waals surface area contributed by atoms with Crippen LogP contribution in [0.2, 0.25) is 5.02 Å². The minimum absolute atomic E-state index is 0.0422. The van der Waals surface area contributed by atoms with Crippen LogP contribution in [-0.4, -0.2) is 69.4 Å². The van der Waals surface area contributed by atoms with Crippen molar-refractivity contribution in [3.05, 3.63) is 80.8 Å². The van der Waals surface area contributed by atoms with Crippen LogP contribution in [0.15, 0.2) is 47.6 Å². The van der Waals surface area contributed by atoms with Crippen LogP contribution in [0.4, 0.5) is 10.5 Å². The molecule has 12 nitrogen and oxygen atoms in total. The minimum Gasteiger partial charge on any atom is -0.475 e. The van der Waals surface area contributed by atoms with E-state index in [0.29, 0.717) is 42.2 Å². The summed E-state index contributed by atoms with van der Waals surface area (Å²) in [5.41, 5.74) is 3.78. The number of rotatable bonds is 11. The van der Waals surface area contributed by atoms with Gasteiger partial charge in [-0.1, -0.05) is 23.7 Å². The van der Waals surface area contributed by atoms with Crippen LogP contribution in [-0.2, 0) is 14.3 Å². The molecule has 3 aromatic heterocycles. The van der Waals surface area contributed by atoms with Gasteiger partial charge in [0.25, 0.3) is 0 Å². The summed E-state index contributed by atoms with van der Waals surface area (Å²) in [6, 6.07) is 10.4. The summed E-state index contributed by atoms with van der Waals surface area (Å²) in [7, 11) is 0. The fraction of sp³-hybridized carbons (Fsp3) is 0.394. The second kappa shape index (κ2) is 14.6. The van der Waals surface area contributed by atoms with Crippen molar-refractivity contribution in [2.24, 2.45) is 4.99 Å². The number of anilines is 1. The minimum atomic E-state index is -0.587. The Morgan fingerprint density at radius 1 is 1.02 bits per heavy atom. The molecule has 47 heavy (non-hydrogen) atoms. The van der Waals surface area contributed by atoms with E-state index in [0.717, 1.165) is 33.2 Å². The first-order chi connectivity index (χ1) is 22.4. The molecule has 14 heteroatoms. The van der Waals surface area contributed by atoms with Gasteiger partial charge in [0.15, 0.2) is 5.82 Å². The normalized spacial score (nSPS) is 14.0. The van der Waals surface area contributed by atoms with Crippen molar-refractivity contribution in [3.8, 4) is 10.9 Å². The van der Waals surface area contributed by atoms with Crippen molar-refractivity contribution in [2.45, 2.75) is 59.6 Å². The van der Waals surface area contributed by atoms with Gasteiger partial charge in [0.05, 0.1) is 37.2 Å². The molecule has 5 rings (SSSR count). The Kier molecular flexibility index (Phi) is 10.6. The number of aryl methyl sites for hydroxylation is 2. The number of nitrogens with zero attached hydrogens (tertiary/aromatic N) is 5. The molecular formula is C33H38ClN7O5S. The van der Waals surface area contributed by atoms with E-state index >= 15 is 0 Å². The van der Waals surface area contributed by atoms with Gasteiger partial charge < -0.3 is 24.8 Å². The van der Waals surface area contributed by atoms with E-state index < -0.39 is 17.7 Å². The molecule has 4 heterocycles. The summed E-state index contributed by atoms with van der Waals surface area (Å²) < 4.78 is 18.3. The predicted octanol–water partition coefficient (Wildman–Crippen LogP) is 6.14. The van der Waals surface area contributed by atoms with Crippen LogP contribution in [0, 0.1) is 20.8 Å². The SMILES string of the molecule is Cc1sc2c(c1C)C(c1ccc(Cl)cc1)=N[C@@H](CC(=O)Nc1ccc(OCCOCCNC(=O)OC(C)(C)C)nc1)c1nnc(C)n1-2. The van der Waals surface area contributed by atoms with E-state index in [1.165, 1.54) is 11.1 Å². The highest BCUT2D eigenvalue weighted by Crippen LogP contribution is 2.39. The smallest absolute Gasteiger partial charge is 0.407 e. The van der Waals surface area contributed by atoms with Crippen molar-refractivity contribution >= 4 is 46.3 Å². The number of alkyl carbamates (subject to hydrolysis) is 1. The summed E-state index contributed by atoms with van der Waals surface area (Å²) in [5, 5.41) is 16.0. The van der Waals surface area contributed by atoms with Crippen molar-refractivity contribution in [1.82, 2.24) is 25.1 Å². The van der Waals surface area contributed by atoms with Crippen molar-refractivity contribution in [3.63, 3.8) is 0 Å². The van der Waals surface area contributed by atoms with E-state index in [9.17, 15) is 9.59 Å². The molecule has 2 N–H and O–H groups in total. The Labute approximate surface area is 282 Å². The standard InChI is InChI=1S/C33H38ClN7O5S/c1-19-20(2)47-31-28(19)29(22-7-9-23(34)10-8-22)38-25(30-40-39-21(3)41(30)31)17-26(42)37-24-11-12-27(36-18-24)45-16-15-44-14-13-35-32(43)46-33(4,5)6/h7-12,18,25H,13-17H2,1-6H3,(H,35,43)(H,37,42)/t25-/m0/s1. The Hall–Kier alpha value is -4.33. The predicted molar refractivity (Wildman–Crippen MR) is 181 cm³/mol. The number of aromatic nitrogens is 4. The maximum atomic E-state index is 13.4. The average molecular weight is 680 g/mol. The molecule has 4 aromatic rings. The van der Waals surface area contributed by atoms with Crippen LogP contribution in [0.5, 0.6) is 5.88 Å². The number of carbonyl (C=O) groups excluding carboxylic acids is 2.